The van der Waals surface area contributed by atoms with E-state index >= 15 is 0 Å². The third-order valence-electron chi connectivity index (χ3n) is 0.506. The molecule has 0 heterocycles. The molecule has 0 fully saturated rings. The van der Waals surface area contributed by atoms with E-state index < -0.39 is 11.3 Å². The topological polar surface area (TPSA) is 0 Å². The fraction of sp³-hybridized carbons (Fsp3) is 1.00. The van der Waals surface area contributed by atoms with E-state index in [-0.39, 0.29) is 0 Å². The lowest BCUT2D eigenvalue weighted by molar-refractivity contribution is -0.576. The summed E-state index contributed by atoms with van der Waals surface area (Å²) in [5.74, 6) is 0. The fourth-order valence-corrected chi connectivity index (χ4v) is 0. The van der Waals surface area contributed by atoms with E-state index in [1.807, 2.05) is 0 Å². The van der Waals surface area contributed by atoms with Crippen LogP contribution in [0.1, 0.15) is 6.92 Å². The van der Waals surface area contributed by atoms with Gasteiger partial charge >= 0.3 is 11.3 Å². The van der Waals surface area contributed by atoms with Gasteiger partial charge in [-0.05, 0) is 0 Å². The van der Waals surface area contributed by atoms with Gasteiger partial charge < -0.3 is 0 Å². The average Bonchev–Trinajstić information content (AvgIpc) is 1.25. The van der Waals surface area contributed by atoms with Crippen LogP contribution in [0.3, 0.4) is 0 Å². The zero-order chi connectivity index (χ0) is 7.00. The molecule has 0 bridgehead atoms. The molecule has 0 N–H and O–H groups in total. The van der Waals surface area contributed by atoms with Crippen molar-refractivity contribution in [2.24, 2.45) is 0 Å². The van der Waals surface area contributed by atoms with E-state index in [2.05, 4.69) is 11.6 Å². The summed E-state index contributed by atoms with van der Waals surface area (Å²) >= 11 is 3.43. The highest BCUT2D eigenvalue weighted by molar-refractivity contribution is 4.64. The molecule has 0 aromatic carbocycles. The van der Waals surface area contributed by atoms with Crippen LogP contribution in [0.2, 0.25) is 0 Å². The van der Waals surface area contributed by atoms with Crippen molar-refractivity contribution in [3.05, 3.63) is 0 Å². The van der Waals surface area contributed by atoms with Gasteiger partial charge in [0.1, 0.15) is 0 Å². The lowest BCUT2D eigenvalue weighted by Crippen LogP contribution is -2.34. The van der Waals surface area contributed by atoms with Gasteiger partial charge in [-0.15, -0.1) is 0 Å². The van der Waals surface area contributed by atoms with Gasteiger partial charge in [-0.3, -0.25) is 0 Å². The highest BCUT2D eigenvalue weighted by atomic mass is 35.5. The van der Waals surface area contributed by atoms with Crippen molar-refractivity contribution >= 4 is 0 Å². The van der Waals surface area contributed by atoms with E-state index in [4.69, 9.17) is 0 Å². The lowest BCUT2D eigenvalue weighted by Gasteiger charge is -2.06. The molecule has 0 aromatic heterocycles. The smallest absolute Gasteiger partial charge is 0.166 e. The monoisotopic (exact) mass is 151 g/mol. The molecular weight excluding hydrogens is 147 g/mol. The maximum absolute atomic E-state index is 11.6. The number of alkyl halides is 5. The van der Waals surface area contributed by atoms with Crippen molar-refractivity contribution in [2.45, 2.75) is 18.2 Å². The molecular formula is C3H4ClF4+. The molecule has 8 heavy (non-hydrogen) atoms. The van der Waals surface area contributed by atoms with Gasteiger partial charge in [0.25, 0.3) is 0 Å². The summed E-state index contributed by atoms with van der Waals surface area (Å²) in [7, 11) is 0. The normalized spacial score (nSPS) is 20.2. The van der Waals surface area contributed by atoms with Crippen LogP contribution in [0.15, 0.2) is 0 Å². The summed E-state index contributed by atoms with van der Waals surface area (Å²) in [4.78, 5) is 0. The molecule has 0 radical (unpaired) electrons. The zero-order valence-electron chi connectivity index (χ0n) is 3.92. The molecule has 0 aliphatic carbocycles. The molecule has 1 unspecified atom stereocenters. The Morgan fingerprint density at radius 3 is 1.25 bits per heavy atom. The molecule has 0 rings (SSSR count). The Bertz CT molecular complexity index is 66.3. The first-order chi connectivity index (χ1) is 3.25. The van der Waals surface area contributed by atoms with Crippen molar-refractivity contribution < 1.29 is 29.2 Å². The van der Waals surface area contributed by atoms with Gasteiger partial charge in [-0.2, -0.15) is 17.6 Å². The second-order valence-corrected chi connectivity index (χ2v) is 2.18. The Kier molecular flexibility index (Phi) is 1.76. The minimum atomic E-state index is -4.91. The first kappa shape index (κ1) is 8.01. The summed E-state index contributed by atoms with van der Waals surface area (Å²) in [6.45, 7) is 0.294. The highest BCUT2D eigenvalue weighted by Gasteiger charge is 2.58. The molecule has 50 valence electrons. The third kappa shape index (κ3) is 1.86. The first-order valence-electron chi connectivity index (χ1n) is 1.71. The number of halogens is 5. The predicted molar refractivity (Wildman–Crippen MR) is 17.0 cm³/mol. The standard InChI is InChI=1S/C3H4ClF4/c1-2(4,5)3(6,7)8/h4H,1H3/q+1. The van der Waals surface area contributed by atoms with Gasteiger partial charge in [0.15, 0.2) is 11.6 Å². The van der Waals surface area contributed by atoms with Crippen molar-refractivity contribution in [2.75, 3.05) is 0 Å². The average molecular weight is 152 g/mol. The van der Waals surface area contributed by atoms with E-state index in [1.54, 1.807) is 0 Å². The summed E-state index contributed by atoms with van der Waals surface area (Å²) in [5.41, 5.74) is 0. The molecule has 0 aliphatic rings. The zero-order valence-corrected chi connectivity index (χ0v) is 4.74. The van der Waals surface area contributed by atoms with Crippen LogP contribution in [0.25, 0.3) is 0 Å². The number of hydrogen-bond donors (Lipinski definition) is 0. The maximum Gasteiger partial charge on any atom is 0.482 e. The largest absolute Gasteiger partial charge is 0.482 e. The number of hydrogen-bond acceptors (Lipinski definition) is 0. The molecule has 0 aliphatic heterocycles. The summed E-state index contributed by atoms with van der Waals surface area (Å²) in [6, 6.07) is 0. The first-order valence-corrected chi connectivity index (χ1v) is 2.12. The maximum atomic E-state index is 11.6. The lowest BCUT2D eigenvalue weighted by atomic mass is 10.4. The van der Waals surface area contributed by atoms with Gasteiger partial charge in [-0.1, -0.05) is 0 Å². The molecule has 0 nitrogen and oxygen atoms in total. The second kappa shape index (κ2) is 1.76. The van der Waals surface area contributed by atoms with Crippen LogP contribution in [-0.4, -0.2) is 11.3 Å². The summed E-state index contributed by atoms with van der Waals surface area (Å²) in [6.07, 6.45) is -4.91. The van der Waals surface area contributed by atoms with Crippen molar-refractivity contribution in [3.63, 3.8) is 0 Å². The molecule has 1 atom stereocenters. The third-order valence-corrected chi connectivity index (χ3v) is 0.738. The molecule has 0 saturated heterocycles. The van der Waals surface area contributed by atoms with E-state index in [1.165, 1.54) is 0 Å². The quantitative estimate of drug-likeness (QED) is 0.364. The Labute approximate surface area is 48.4 Å². The molecule has 0 saturated carbocycles. The van der Waals surface area contributed by atoms with Crippen LogP contribution < -0.4 is 0 Å². The van der Waals surface area contributed by atoms with E-state index in [0.717, 1.165) is 0 Å². The fourth-order valence-electron chi connectivity index (χ4n) is 0. The molecule has 0 aromatic rings. The van der Waals surface area contributed by atoms with E-state index in [0.29, 0.717) is 6.92 Å². The minimum Gasteiger partial charge on any atom is -0.166 e. The van der Waals surface area contributed by atoms with Crippen molar-refractivity contribution in [1.82, 2.24) is 0 Å². The molecule has 0 spiro atoms. The van der Waals surface area contributed by atoms with Crippen molar-refractivity contribution in [3.8, 4) is 0 Å². The minimum absolute atomic E-state index is 0.294. The number of rotatable bonds is 0. The van der Waals surface area contributed by atoms with Crippen LogP contribution in [0.5, 0.6) is 0 Å². The summed E-state index contributed by atoms with van der Waals surface area (Å²) < 4.78 is 44.8. The summed E-state index contributed by atoms with van der Waals surface area (Å²) in [5, 5.41) is -3.48. The van der Waals surface area contributed by atoms with Crippen LogP contribution in [0, 0.1) is 11.6 Å². The van der Waals surface area contributed by atoms with Gasteiger partial charge in [0.2, 0.25) is 0 Å². The van der Waals surface area contributed by atoms with Gasteiger partial charge in [0, 0.05) is 6.92 Å². The molecule has 5 heteroatoms. The predicted octanol–water partition coefficient (Wildman–Crippen LogP) is 1.52. The Hall–Kier alpha value is 0.01000. The van der Waals surface area contributed by atoms with Crippen LogP contribution >= 0.6 is 0 Å². The van der Waals surface area contributed by atoms with Crippen LogP contribution in [0.4, 0.5) is 17.6 Å². The second-order valence-electron chi connectivity index (χ2n) is 1.41. The van der Waals surface area contributed by atoms with Crippen molar-refractivity contribution in [1.29, 1.82) is 0 Å². The Balaban J connectivity index is 4.02. The molecule has 0 amide bonds. The van der Waals surface area contributed by atoms with Gasteiger partial charge in [-0.25, -0.2) is 0 Å². The van der Waals surface area contributed by atoms with Crippen LogP contribution in [-0.2, 0) is 0 Å². The Morgan fingerprint density at radius 2 is 1.25 bits per heavy atom. The van der Waals surface area contributed by atoms with E-state index in [9.17, 15) is 17.6 Å². The van der Waals surface area contributed by atoms with Gasteiger partial charge in [0.05, 0.1) is 0 Å². The Morgan fingerprint density at radius 1 is 1.12 bits per heavy atom. The highest BCUT2D eigenvalue weighted by Crippen LogP contribution is 2.31. The SMILES string of the molecule is CC(F)([ClH+])C(F)(F)F.